The molecule has 1 aliphatic rings. The van der Waals surface area contributed by atoms with Crippen molar-refractivity contribution in [3.8, 4) is 0 Å². The second-order valence-corrected chi connectivity index (χ2v) is 5.23. The van der Waals surface area contributed by atoms with E-state index in [4.69, 9.17) is 9.84 Å². The molecule has 0 atom stereocenters. The molecule has 1 aliphatic heterocycles. The summed E-state index contributed by atoms with van der Waals surface area (Å²) in [4.78, 5) is 17.6. The predicted octanol–water partition coefficient (Wildman–Crippen LogP) is 0.521. The molecule has 0 saturated heterocycles. The van der Waals surface area contributed by atoms with Crippen molar-refractivity contribution >= 4 is 6.09 Å². The minimum atomic E-state index is -0.502. The molecular formula is C11H18N4O3. The van der Waals surface area contributed by atoms with Gasteiger partial charge in [0.25, 0.3) is 0 Å². The van der Waals surface area contributed by atoms with Gasteiger partial charge in [0.15, 0.2) is 5.82 Å². The summed E-state index contributed by atoms with van der Waals surface area (Å²) in [6, 6.07) is 0. The molecule has 0 radical (unpaired) electrons. The average Bonchev–Trinajstić information content (AvgIpc) is 2.68. The van der Waals surface area contributed by atoms with E-state index < -0.39 is 5.60 Å². The highest BCUT2D eigenvalue weighted by molar-refractivity contribution is 5.68. The fourth-order valence-corrected chi connectivity index (χ4v) is 1.74. The molecule has 1 N–H and O–H groups in total. The maximum Gasteiger partial charge on any atom is 0.410 e. The van der Waals surface area contributed by atoms with Crippen LogP contribution in [0.1, 0.15) is 32.4 Å². The largest absolute Gasteiger partial charge is 0.444 e. The van der Waals surface area contributed by atoms with Gasteiger partial charge in [-0.15, -0.1) is 0 Å². The Morgan fingerprint density at radius 2 is 2.17 bits per heavy atom. The molecule has 18 heavy (non-hydrogen) atoms. The van der Waals surface area contributed by atoms with Crippen LogP contribution >= 0.6 is 0 Å². The molecule has 7 heteroatoms. The highest BCUT2D eigenvalue weighted by Gasteiger charge is 2.27. The summed E-state index contributed by atoms with van der Waals surface area (Å²) in [5, 5.41) is 13.1. The number of hydrogen-bond acceptors (Lipinski definition) is 5. The Balaban J connectivity index is 2.05. The Labute approximate surface area is 105 Å². The lowest BCUT2D eigenvalue weighted by Gasteiger charge is -2.29. The van der Waals surface area contributed by atoms with E-state index in [1.807, 2.05) is 20.8 Å². The van der Waals surface area contributed by atoms with Crippen LogP contribution < -0.4 is 0 Å². The molecule has 1 aromatic rings. The fraction of sp³-hybridized carbons (Fsp3) is 0.727. The zero-order valence-corrected chi connectivity index (χ0v) is 10.9. The van der Waals surface area contributed by atoms with Gasteiger partial charge in [-0.05, 0) is 20.8 Å². The smallest absolute Gasteiger partial charge is 0.410 e. The SMILES string of the molecule is CC(C)(C)OC(=O)N1CCn2nc(CO)nc2C1. The molecule has 2 rings (SSSR count). The molecule has 7 nitrogen and oxygen atoms in total. The Hall–Kier alpha value is -1.63. The number of carbonyl (C=O) groups is 1. The molecule has 0 unspecified atom stereocenters. The number of rotatable bonds is 1. The summed E-state index contributed by atoms with van der Waals surface area (Å²) in [6.45, 7) is 6.79. The van der Waals surface area contributed by atoms with Crippen LogP contribution in [0.3, 0.4) is 0 Å². The second kappa shape index (κ2) is 4.56. The standard InChI is InChI=1S/C11H18N4O3/c1-11(2,3)18-10(17)14-4-5-15-9(6-14)12-8(7-16)13-15/h16H,4-7H2,1-3H3. The first-order chi connectivity index (χ1) is 8.39. The molecule has 0 bridgehead atoms. The molecule has 0 fully saturated rings. The van der Waals surface area contributed by atoms with Crippen LogP contribution in [-0.2, 0) is 24.4 Å². The molecule has 0 aliphatic carbocycles. The molecule has 0 spiro atoms. The fourth-order valence-electron chi connectivity index (χ4n) is 1.74. The van der Waals surface area contributed by atoms with Crippen LogP contribution in [0.15, 0.2) is 0 Å². The van der Waals surface area contributed by atoms with Crippen molar-refractivity contribution in [2.24, 2.45) is 0 Å². The highest BCUT2D eigenvalue weighted by atomic mass is 16.6. The van der Waals surface area contributed by atoms with Gasteiger partial charge in [0, 0.05) is 6.54 Å². The van der Waals surface area contributed by atoms with E-state index in [0.29, 0.717) is 31.3 Å². The van der Waals surface area contributed by atoms with E-state index in [1.54, 1.807) is 9.58 Å². The lowest BCUT2D eigenvalue weighted by molar-refractivity contribution is 0.0190. The zero-order valence-electron chi connectivity index (χ0n) is 10.9. The van der Waals surface area contributed by atoms with Gasteiger partial charge in [-0.3, -0.25) is 4.90 Å². The first kappa shape index (κ1) is 12.8. The van der Waals surface area contributed by atoms with Gasteiger partial charge < -0.3 is 9.84 Å². The summed E-state index contributed by atoms with van der Waals surface area (Å²) in [5.74, 6) is 1.06. The number of fused-ring (bicyclic) bond motifs is 1. The van der Waals surface area contributed by atoms with E-state index in [0.717, 1.165) is 0 Å². The van der Waals surface area contributed by atoms with Gasteiger partial charge in [0.1, 0.15) is 18.0 Å². The van der Waals surface area contributed by atoms with E-state index >= 15 is 0 Å². The number of amides is 1. The number of aliphatic hydroxyl groups is 1. The number of nitrogens with zero attached hydrogens (tertiary/aromatic N) is 4. The summed E-state index contributed by atoms with van der Waals surface area (Å²) in [7, 11) is 0. The molecule has 1 aromatic heterocycles. The predicted molar refractivity (Wildman–Crippen MR) is 62.6 cm³/mol. The van der Waals surface area contributed by atoms with Crippen LogP contribution in [0.5, 0.6) is 0 Å². The van der Waals surface area contributed by atoms with Crippen molar-refractivity contribution in [3.05, 3.63) is 11.6 Å². The molecular weight excluding hydrogens is 236 g/mol. The Kier molecular flexibility index (Phi) is 3.25. The Bertz CT molecular complexity index is 450. The summed E-state index contributed by atoms with van der Waals surface area (Å²) >= 11 is 0. The first-order valence-electron chi connectivity index (χ1n) is 5.90. The van der Waals surface area contributed by atoms with Crippen molar-refractivity contribution in [3.63, 3.8) is 0 Å². The van der Waals surface area contributed by atoms with E-state index in [9.17, 15) is 4.79 Å². The van der Waals surface area contributed by atoms with Gasteiger partial charge in [0.05, 0.1) is 13.1 Å². The topological polar surface area (TPSA) is 80.5 Å². The molecule has 0 saturated carbocycles. The van der Waals surface area contributed by atoms with Crippen molar-refractivity contribution in [1.82, 2.24) is 19.7 Å². The van der Waals surface area contributed by atoms with Crippen LogP contribution in [0.4, 0.5) is 4.79 Å². The zero-order chi connectivity index (χ0) is 13.3. The molecule has 0 aromatic carbocycles. The second-order valence-electron chi connectivity index (χ2n) is 5.23. The lowest BCUT2D eigenvalue weighted by atomic mass is 10.2. The third-order valence-electron chi connectivity index (χ3n) is 2.50. The molecule has 2 heterocycles. The van der Waals surface area contributed by atoms with E-state index in [2.05, 4.69) is 10.1 Å². The maximum absolute atomic E-state index is 11.9. The van der Waals surface area contributed by atoms with Gasteiger partial charge in [-0.2, -0.15) is 5.10 Å². The summed E-state index contributed by atoms with van der Waals surface area (Å²) in [5.41, 5.74) is -0.502. The lowest BCUT2D eigenvalue weighted by Crippen LogP contribution is -2.41. The van der Waals surface area contributed by atoms with E-state index in [1.165, 1.54) is 0 Å². The van der Waals surface area contributed by atoms with Crippen LogP contribution in [0.2, 0.25) is 0 Å². The number of aliphatic hydroxyl groups excluding tert-OH is 1. The quantitative estimate of drug-likeness (QED) is 0.790. The number of hydrogen-bond donors (Lipinski definition) is 1. The highest BCUT2D eigenvalue weighted by Crippen LogP contribution is 2.15. The van der Waals surface area contributed by atoms with Crippen LogP contribution in [-0.4, -0.2) is 43.0 Å². The average molecular weight is 254 g/mol. The number of ether oxygens (including phenoxy) is 1. The van der Waals surface area contributed by atoms with Gasteiger partial charge in [-0.25, -0.2) is 14.5 Å². The van der Waals surface area contributed by atoms with Gasteiger partial charge in [0.2, 0.25) is 0 Å². The van der Waals surface area contributed by atoms with Crippen molar-refractivity contribution in [1.29, 1.82) is 0 Å². The molecule has 100 valence electrons. The number of carbonyl (C=O) groups excluding carboxylic acids is 1. The first-order valence-corrected chi connectivity index (χ1v) is 5.90. The summed E-state index contributed by atoms with van der Waals surface area (Å²) < 4.78 is 7.02. The van der Waals surface area contributed by atoms with Crippen molar-refractivity contribution in [2.75, 3.05) is 6.54 Å². The van der Waals surface area contributed by atoms with Crippen molar-refractivity contribution in [2.45, 2.75) is 46.1 Å². The van der Waals surface area contributed by atoms with Crippen LogP contribution in [0.25, 0.3) is 0 Å². The monoisotopic (exact) mass is 254 g/mol. The third-order valence-corrected chi connectivity index (χ3v) is 2.50. The summed E-state index contributed by atoms with van der Waals surface area (Å²) in [6.07, 6.45) is -0.345. The van der Waals surface area contributed by atoms with Crippen molar-refractivity contribution < 1.29 is 14.6 Å². The maximum atomic E-state index is 11.9. The van der Waals surface area contributed by atoms with Crippen LogP contribution in [0, 0.1) is 0 Å². The Morgan fingerprint density at radius 3 is 2.78 bits per heavy atom. The third kappa shape index (κ3) is 2.79. The normalized spacial score (nSPS) is 15.4. The Morgan fingerprint density at radius 1 is 1.44 bits per heavy atom. The van der Waals surface area contributed by atoms with Gasteiger partial charge >= 0.3 is 6.09 Å². The minimum Gasteiger partial charge on any atom is -0.444 e. The molecule has 1 amide bonds. The van der Waals surface area contributed by atoms with Gasteiger partial charge in [-0.1, -0.05) is 0 Å². The minimum absolute atomic E-state index is 0.188. The van der Waals surface area contributed by atoms with E-state index in [-0.39, 0.29) is 12.7 Å². The number of aromatic nitrogens is 3.